The molecule has 13 heteroatoms. The molecule has 2 aromatic carbocycles. The predicted octanol–water partition coefficient (Wildman–Crippen LogP) is 6.22. The highest BCUT2D eigenvalue weighted by molar-refractivity contribution is 7.54. The number of alkyl carbamates (subject to hydrolysis) is 1. The number of ether oxygens (including phenoxy) is 1. The van der Waals surface area contributed by atoms with Crippen molar-refractivity contribution in [3.63, 3.8) is 0 Å². The molecule has 0 aliphatic carbocycles. The molecule has 34 heavy (non-hydrogen) atoms. The van der Waals surface area contributed by atoms with Crippen LogP contribution in [0.2, 0.25) is 0 Å². The summed E-state index contributed by atoms with van der Waals surface area (Å²) in [5.74, 6) is -1.85. The molecule has 0 heterocycles. The molecule has 1 N–H and O–H groups in total. The second kappa shape index (κ2) is 12.2. The van der Waals surface area contributed by atoms with E-state index in [2.05, 4.69) is 14.4 Å². The molecular formula is C21H22F6NO5P. The Hall–Kier alpha value is -2.56. The van der Waals surface area contributed by atoms with Crippen molar-refractivity contribution in [1.29, 1.82) is 0 Å². The lowest BCUT2D eigenvalue weighted by Crippen LogP contribution is -2.38. The van der Waals surface area contributed by atoms with Crippen LogP contribution < -0.4 is 5.32 Å². The summed E-state index contributed by atoms with van der Waals surface area (Å²) < 4.78 is 103. The number of rotatable bonds is 11. The Morgan fingerprint density at radius 1 is 0.824 bits per heavy atom. The van der Waals surface area contributed by atoms with Gasteiger partial charge in [-0.3, -0.25) is 13.6 Å². The van der Waals surface area contributed by atoms with Gasteiger partial charge in [0.15, 0.2) is 13.2 Å². The molecule has 0 aliphatic rings. The van der Waals surface area contributed by atoms with Gasteiger partial charge in [0.1, 0.15) is 12.4 Å². The molecule has 1 unspecified atom stereocenters. The molecule has 0 fully saturated rings. The second-order valence-corrected chi connectivity index (χ2v) is 9.28. The summed E-state index contributed by atoms with van der Waals surface area (Å²) in [5.41, 5.74) is 1.20. The Balaban J connectivity index is 2.21. The van der Waals surface area contributed by atoms with Gasteiger partial charge in [-0.1, -0.05) is 60.7 Å². The van der Waals surface area contributed by atoms with Crippen molar-refractivity contribution in [2.24, 2.45) is 0 Å². The van der Waals surface area contributed by atoms with E-state index in [4.69, 9.17) is 4.74 Å². The van der Waals surface area contributed by atoms with Crippen LogP contribution >= 0.6 is 7.60 Å². The van der Waals surface area contributed by atoms with Gasteiger partial charge in [0.05, 0.1) is 0 Å². The number of aryl methyl sites for hydroxylation is 1. The van der Waals surface area contributed by atoms with Gasteiger partial charge >= 0.3 is 26.0 Å². The lowest BCUT2D eigenvalue weighted by atomic mass is 10.1. The minimum atomic E-state index is -5.16. The third-order valence-corrected chi connectivity index (χ3v) is 6.37. The third-order valence-electron chi connectivity index (χ3n) is 4.24. The highest BCUT2D eigenvalue weighted by Gasteiger charge is 2.44. The zero-order chi connectivity index (χ0) is 25.2. The van der Waals surface area contributed by atoms with Crippen LogP contribution in [0.5, 0.6) is 0 Å². The fraction of sp³-hybridized carbons (Fsp3) is 0.381. The maximum absolute atomic E-state index is 13.1. The van der Waals surface area contributed by atoms with E-state index in [-0.39, 0.29) is 19.4 Å². The van der Waals surface area contributed by atoms with Crippen molar-refractivity contribution in [3.05, 3.63) is 71.8 Å². The summed E-state index contributed by atoms with van der Waals surface area (Å²) in [7, 11) is -5.16. The summed E-state index contributed by atoms with van der Waals surface area (Å²) in [4.78, 5) is 12.3. The summed E-state index contributed by atoms with van der Waals surface area (Å²) in [5, 5.41) is 2.06. The van der Waals surface area contributed by atoms with E-state index in [1.807, 2.05) is 0 Å². The van der Waals surface area contributed by atoms with Crippen molar-refractivity contribution in [1.82, 2.24) is 5.32 Å². The molecule has 0 bridgehead atoms. The first kappa shape index (κ1) is 27.7. The van der Waals surface area contributed by atoms with E-state index in [1.165, 1.54) is 0 Å². The van der Waals surface area contributed by atoms with Gasteiger partial charge in [0.25, 0.3) is 0 Å². The topological polar surface area (TPSA) is 73.9 Å². The monoisotopic (exact) mass is 513 g/mol. The summed E-state index contributed by atoms with van der Waals surface area (Å²) in [6, 6.07) is 16.6. The molecule has 6 nitrogen and oxygen atoms in total. The van der Waals surface area contributed by atoms with Gasteiger partial charge in [-0.2, -0.15) is 26.3 Å². The summed E-state index contributed by atoms with van der Waals surface area (Å²) in [6.07, 6.45) is -11.5. The van der Waals surface area contributed by atoms with Crippen LogP contribution in [0.15, 0.2) is 60.7 Å². The SMILES string of the molecule is O=C(NC(CCc1ccccc1)P(=O)(OCC(F)(F)F)OCC(F)(F)F)OCc1ccccc1. The van der Waals surface area contributed by atoms with Gasteiger partial charge in [-0.05, 0) is 24.0 Å². The zero-order valence-electron chi connectivity index (χ0n) is 17.6. The molecule has 1 atom stereocenters. The molecule has 0 radical (unpaired) electrons. The molecule has 0 saturated heterocycles. The summed E-state index contributed by atoms with van der Waals surface area (Å²) >= 11 is 0. The van der Waals surface area contributed by atoms with Gasteiger partial charge in [-0.25, -0.2) is 4.79 Å². The smallest absolute Gasteiger partial charge is 0.412 e. The van der Waals surface area contributed by atoms with E-state index >= 15 is 0 Å². The van der Waals surface area contributed by atoms with Crippen molar-refractivity contribution in [2.75, 3.05) is 13.2 Å². The van der Waals surface area contributed by atoms with Crippen LogP contribution in [0.3, 0.4) is 0 Å². The number of carbonyl (C=O) groups excluding carboxylic acids is 1. The van der Waals surface area contributed by atoms with Gasteiger partial charge in [-0.15, -0.1) is 0 Å². The van der Waals surface area contributed by atoms with Crippen LogP contribution in [0.25, 0.3) is 0 Å². The molecule has 0 saturated carbocycles. The van der Waals surface area contributed by atoms with Crippen molar-refractivity contribution < 1.29 is 49.5 Å². The second-order valence-electron chi connectivity index (χ2n) is 7.06. The standard InChI is InChI=1S/C21H22F6NO5P/c22-20(23,24)14-32-34(30,33-15-21(25,26)27)18(12-11-16-7-3-1-4-8-16)28-19(29)31-13-17-9-5-2-6-10-17/h1-10,18H,11-15H2,(H,28,29). The first-order chi connectivity index (χ1) is 15.9. The number of alkyl halides is 6. The maximum Gasteiger partial charge on any atom is 0.412 e. The largest absolute Gasteiger partial charge is 0.445 e. The lowest BCUT2D eigenvalue weighted by molar-refractivity contribution is -0.165. The number of nitrogens with one attached hydrogen (secondary N) is 1. The van der Waals surface area contributed by atoms with E-state index in [0.717, 1.165) is 0 Å². The first-order valence-corrected chi connectivity index (χ1v) is 11.5. The number of benzene rings is 2. The average molecular weight is 513 g/mol. The van der Waals surface area contributed by atoms with Crippen LogP contribution in [0.4, 0.5) is 31.1 Å². The van der Waals surface area contributed by atoms with Crippen LogP contribution in [0.1, 0.15) is 17.5 Å². The van der Waals surface area contributed by atoms with Crippen molar-refractivity contribution in [3.8, 4) is 0 Å². The van der Waals surface area contributed by atoms with E-state index in [9.17, 15) is 35.7 Å². The number of halogens is 6. The quantitative estimate of drug-likeness (QED) is 0.285. The Morgan fingerprint density at radius 2 is 1.29 bits per heavy atom. The molecule has 2 rings (SSSR count). The first-order valence-electron chi connectivity index (χ1n) is 9.90. The van der Waals surface area contributed by atoms with E-state index in [1.54, 1.807) is 60.7 Å². The number of carbonyl (C=O) groups is 1. The Morgan fingerprint density at radius 3 is 1.76 bits per heavy atom. The summed E-state index contributed by atoms with van der Waals surface area (Å²) in [6.45, 7) is -4.51. The number of hydrogen-bond donors (Lipinski definition) is 1. The van der Waals surface area contributed by atoms with Gasteiger partial charge in [0, 0.05) is 0 Å². The highest BCUT2D eigenvalue weighted by Crippen LogP contribution is 2.55. The minimum absolute atomic E-state index is 0.0409. The lowest BCUT2D eigenvalue weighted by Gasteiger charge is -2.28. The highest BCUT2D eigenvalue weighted by atomic mass is 31.2. The van der Waals surface area contributed by atoms with Crippen LogP contribution in [-0.2, 0) is 31.4 Å². The van der Waals surface area contributed by atoms with Crippen LogP contribution in [-0.4, -0.2) is 37.4 Å². The fourth-order valence-electron chi connectivity index (χ4n) is 2.70. The minimum Gasteiger partial charge on any atom is -0.445 e. The van der Waals surface area contributed by atoms with Gasteiger partial charge in [0.2, 0.25) is 0 Å². The fourth-order valence-corrected chi connectivity index (χ4v) is 4.50. The maximum atomic E-state index is 13.1. The molecular weight excluding hydrogens is 491 g/mol. The molecule has 0 spiro atoms. The Bertz CT molecular complexity index is 918. The molecule has 0 aliphatic heterocycles. The normalized spacial score (nSPS) is 13.4. The predicted molar refractivity (Wildman–Crippen MR) is 110 cm³/mol. The molecule has 2 aromatic rings. The molecule has 1 amide bonds. The third kappa shape index (κ3) is 10.6. The Labute approximate surface area is 191 Å². The average Bonchev–Trinajstić information content (AvgIpc) is 2.78. The van der Waals surface area contributed by atoms with Gasteiger partial charge < -0.3 is 10.1 Å². The van der Waals surface area contributed by atoms with E-state index in [0.29, 0.717) is 11.1 Å². The van der Waals surface area contributed by atoms with Crippen molar-refractivity contribution >= 4 is 13.7 Å². The van der Waals surface area contributed by atoms with Crippen molar-refractivity contribution in [2.45, 2.75) is 37.6 Å². The molecule has 188 valence electrons. The zero-order valence-corrected chi connectivity index (χ0v) is 18.5. The molecule has 0 aromatic heterocycles. The van der Waals surface area contributed by atoms with E-state index < -0.39 is 45.0 Å². The number of amides is 1. The Kier molecular flexibility index (Phi) is 9.96. The number of hydrogen-bond acceptors (Lipinski definition) is 5. The van der Waals surface area contributed by atoms with Crippen LogP contribution in [0, 0.1) is 0 Å².